The van der Waals surface area contributed by atoms with Crippen molar-refractivity contribution in [2.75, 3.05) is 5.32 Å². The topological polar surface area (TPSA) is 66.9 Å². The molecule has 2 heterocycles. The molecule has 0 aliphatic carbocycles. The zero-order chi connectivity index (χ0) is 19.8. The first-order valence-electron chi connectivity index (χ1n) is 9.23. The minimum absolute atomic E-state index is 0.252. The summed E-state index contributed by atoms with van der Waals surface area (Å²) in [6.07, 6.45) is 8.15. The molecule has 0 saturated carbocycles. The number of anilines is 1. The Morgan fingerprint density at radius 3 is 2.57 bits per heavy atom. The van der Waals surface area contributed by atoms with Crippen molar-refractivity contribution in [1.82, 2.24) is 15.3 Å². The van der Waals surface area contributed by atoms with Crippen molar-refractivity contribution in [1.29, 1.82) is 0 Å². The lowest BCUT2D eigenvalue weighted by atomic mass is 10.1. The van der Waals surface area contributed by atoms with Crippen LogP contribution in [-0.2, 0) is 6.42 Å². The lowest BCUT2D eigenvalue weighted by Gasteiger charge is -2.09. The SMILES string of the molecule is CCCCCc1ccc(NC(=S)NC(=O)c2csc(-c3ccncc3)n2)cc1. The molecule has 3 rings (SSSR count). The van der Waals surface area contributed by atoms with Gasteiger partial charge in [-0.2, -0.15) is 0 Å². The van der Waals surface area contributed by atoms with Gasteiger partial charge in [0.15, 0.2) is 5.11 Å². The molecule has 0 saturated heterocycles. The first-order valence-corrected chi connectivity index (χ1v) is 10.5. The summed E-state index contributed by atoms with van der Waals surface area (Å²) in [7, 11) is 0. The number of hydrogen-bond acceptors (Lipinski definition) is 5. The van der Waals surface area contributed by atoms with Gasteiger partial charge < -0.3 is 5.32 Å². The second-order valence-corrected chi connectivity index (χ2v) is 7.60. The van der Waals surface area contributed by atoms with E-state index in [1.165, 1.54) is 36.2 Å². The van der Waals surface area contributed by atoms with Gasteiger partial charge in [0.1, 0.15) is 10.7 Å². The molecule has 1 amide bonds. The maximum atomic E-state index is 12.4. The standard InChI is InChI=1S/C21H22N4OS2/c1-2-3-4-5-15-6-8-17(9-7-15)23-21(27)25-19(26)18-14-28-20(24-18)16-10-12-22-13-11-16/h6-14H,2-5H2,1H3,(H2,23,25,26,27). The van der Waals surface area contributed by atoms with Gasteiger partial charge in [-0.25, -0.2) is 4.98 Å². The molecule has 2 aromatic heterocycles. The number of carbonyl (C=O) groups excluding carboxylic acids is 1. The van der Waals surface area contributed by atoms with E-state index < -0.39 is 0 Å². The van der Waals surface area contributed by atoms with E-state index in [2.05, 4.69) is 39.7 Å². The molecular weight excluding hydrogens is 388 g/mol. The van der Waals surface area contributed by atoms with Crippen molar-refractivity contribution in [2.24, 2.45) is 0 Å². The summed E-state index contributed by atoms with van der Waals surface area (Å²) >= 11 is 6.66. The fraction of sp³-hybridized carbons (Fsp3) is 0.238. The molecule has 0 aliphatic rings. The van der Waals surface area contributed by atoms with E-state index in [4.69, 9.17) is 12.2 Å². The van der Waals surface area contributed by atoms with Gasteiger partial charge in [0, 0.05) is 29.0 Å². The number of nitrogens with one attached hydrogen (secondary N) is 2. The van der Waals surface area contributed by atoms with E-state index >= 15 is 0 Å². The minimum Gasteiger partial charge on any atom is -0.332 e. The fourth-order valence-corrected chi connectivity index (χ4v) is 3.69. The maximum Gasteiger partial charge on any atom is 0.276 e. The summed E-state index contributed by atoms with van der Waals surface area (Å²) in [6, 6.07) is 11.8. The van der Waals surface area contributed by atoms with E-state index in [1.54, 1.807) is 17.8 Å². The van der Waals surface area contributed by atoms with E-state index in [9.17, 15) is 4.79 Å². The second-order valence-electron chi connectivity index (χ2n) is 6.34. The third kappa shape index (κ3) is 5.68. The van der Waals surface area contributed by atoms with Crippen molar-refractivity contribution >= 4 is 40.3 Å². The van der Waals surface area contributed by atoms with Crippen LogP contribution in [-0.4, -0.2) is 21.0 Å². The van der Waals surface area contributed by atoms with Crippen LogP contribution in [0.3, 0.4) is 0 Å². The maximum absolute atomic E-state index is 12.4. The van der Waals surface area contributed by atoms with E-state index in [1.807, 2.05) is 24.3 Å². The average Bonchev–Trinajstić information content (AvgIpc) is 3.21. The molecule has 0 bridgehead atoms. The first kappa shape index (κ1) is 20.1. The third-order valence-corrected chi connectivity index (χ3v) is 5.27. The van der Waals surface area contributed by atoms with Crippen LogP contribution in [0.15, 0.2) is 54.2 Å². The summed E-state index contributed by atoms with van der Waals surface area (Å²) in [5.41, 5.74) is 3.42. The Morgan fingerprint density at radius 2 is 1.86 bits per heavy atom. The van der Waals surface area contributed by atoms with Crippen LogP contribution < -0.4 is 10.6 Å². The van der Waals surface area contributed by atoms with Crippen molar-refractivity contribution in [3.8, 4) is 10.6 Å². The largest absolute Gasteiger partial charge is 0.332 e. The molecule has 0 fully saturated rings. The lowest BCUT2D eigenvalue weighted by Crippen LogP contribution is -2.34. The number of unbranched alkanes of at least 4 members (excludes halogenated alkanes) is 2. The zero-order valence-corrected chi connectivity index (χ0v) is 17.3. The van der Waals surface area contributed by atoms with Gasteiger partial charge in [0.2, 0.25) is 0 Å². The highest BCUT2D eigenvalue weighted by molar-refractivity contribution is 7.80. The number of aromatic nitrogens is 2. The molecule has 1 aromatic carbocycles. The number of hydrogen-bond donors (Lipinski definition) is 2. The molecular formula is C21H22N4OS2. The van der Waals surface area contributed by atoms with E-state index in [-0.39, 0.29) is 11.0 Å². The Labute approximate surface area is 174 Å². The molecule has 5 nitrogen and oxygen atoms in total. The molecule has 0 radical (unpaired) electrons. The molecule has 0 atom stereocenters. The number of amides is 1. The lowest BCUT2D eigenvalue weighted by molar-refractivity contribution is 0.0973. The second kappa shape index (κ2) is 10.1. The molecule has 2 N–H and O–H groups in total. The summed E-state index contributed by atoms with van der Waals surface area (Å²) in [5.74, 6) is -0.328. The predicted molar refractivity (Wildman–Crippen MR) is 119 cm³/mol. The van der Waals surface area contributed by atoms with Crippen LogP contribution in [0.4, 0.5) is 5.69 Å². The quantitative estimate of drug-likeness (QED) is 0.421. The third-order valence-electron chi connectivity index (χ3n) is 4.17. The molecule has 0 unspecified atom stereocenters. The van der Waals surface area contributed by atoms with Crippen molar-refractivity contribution in [3.05, 3.63) is 65.4 Å². The number of nitrogens with zero attached hydrogens (tertiary/aromatic N) is 2. The molecule has 0 spiro atoms. The highest BCUT2D eigenvalue weighted by atomic mass is 32.1. The molecule has 144 valence electrons. The Hall–Kier alpha value is -2.64. The monoisotopic (exact) mass is 410 g/mol. The number of thiocarbonyl (C=S) groups is 1. The number of thiazole rings is 1. The minimum atomic E-state index is -0.328. The highest BCUT2D eigenvalue weighted by Crippen LogP contribution is 2.22. The molecule has 3 aromatic rings. The normalized spacial score (nSPS) is 10.5. The molecule has 28 heavy (non-hydrogen) atoms. The van der Waals surface area contributed by atoms with Gasteiger partial charge in [-0.3, -0.25) is 15.1 Å². The number of carbonyl (C=O) groups is 1. The highest BCUT2D eigenvalue weighted by Gasteiger charge is 2.13. The summed E-state index contributed by atoms with van der Waals surface area (Å²) in [4.78, 5) is 20.8. The van der Waals surface area contributed by atoms with Crippen molar-refractivity contribution < 1.29 is 4.79 Å². The van der Waals surface area contributed by atoms with Crippen molar-refractivity contribution in [2.45, 2.75) is 32.6 Å². The number of benzene rings is 1. The van der Waals surface area contributed by atoms with Gasteiger partial charge in [0.25, 0.3) is 5.91 Å². The zero-order valence-electron chi connectivity index (χ0n) is 15.6. The number of rotatable bonds is 7. The Kier molecular flexibility index (Phi) is 7.22. The number of pyridine rings is 1. The van der Waals surface area contributed by atoms with E-state index in [0.717, 1.165) is 22.7 Å². The van der Waals surface area contributed by atoms with Gasteiger partial charge >= 0.3 is 0 Å². The van der Waals surface area contributed by atoms with E-state index in [0.29, 0.717) is 5.69 Å². The summed E-state index contributed by atoms with van der Waals surface area (Å²) in [5, 5.41) is 8.46. The molecule has 0 aliphatic heterocycles. The fourth-order valence-electron chi connectivity index (χ4n) is 2.67. The van der Waals surface area contributed by atoms with Gasteiger partial charge in [-0.15, -0.1) is 11.3 Å². The Bertz CT molecular complexity index is 923. The van der Waals surface area contributed by atoms with Crippen LogP contribution in [0.2, 0.25) is 0 Å². The summed E-state index contributed by atoms with van der Waals surface area (Å²) in [6.45, 7) is 2.20. The van der Waals surface area contributed by atoms with Crippen LogP contribution in [0.25, 0.3) is 10.6 Å². The Morgan fingerprint density at radius 1 is 1.11 bits per heavy atom. The van der Waals surface area contributed by atoms with Crippen LogP contribution >= 0.6 is 23.6 Å². The number of aryl methyl sites for hydroxylation is 1. The van der Waals surface area contributed by atoms with Gasteiger partial charge in [-0.05, 0) is 54.9 Å². The first-order chi connectivity index (χ1) is 13.7. The Balaban J connectivity index is 1.53. The summed E-state index contributed by atoms with van der Waals surface area (Å²) < 4.78 is 0. The average molecular weight is 411 g/mol. The van der Waals surface area contributed by atoms with Crippen LogP contribution in [0.1, 0.15) is 42.2 Å². The van der Waals surface area contributed by atoms with Crippen molar-refractivity contribution in [3.63, 3.8) is 0 Å². The van der Waals surface area contributed by atoms with Crippen LogP contribution in [0.5, 0.6) is 0 Å². The van der Waals surface area contributed by atoms with Gasteiger partial charge in [-0.1, -0.05) is 31.9 Å². The van der Waals surface area contributed by atoms with Crippen LogP contribution in [0, 0.1) is 0 Å². The van der Waals surface area contributed by atoms with Gasteiger partial charge in [0.05, 0.1) is 0 Å². The molecule has 7 heteroatoms. The predicted octanol–water partition coefficient (Wildman–Crippen LogP) is 5.06. The smallest absolute Gasteiger partial charge is 0.276 e.